The van der Waals surface area contributed by atoms with E-state index in [-0.39, 0.29) is 6.09 Å². The second-order valence-corrected chi connectivity index (χ2v) is 5.33. The Kier molecular flexibility index (Phi) is 7.05. The summed E-state index contributed by atoms with van der Waals surface area (Å²) in [4.78, 5) is 11.2. The molecule has 5 nitrogen and oxygen atoms in total. The Morgan fingerprint density at radius 1 is 1.33 bits per heavy atom. The Morgan fingerprint density at radius 3 is 2.61 bits per heavy atom. The third-order valence-electron chi connectivity index (χ3n) is 2.99. The van der Waals surface area contributed by atoms with Crippen LogP contribution in [0.5, 0.6) is 0 Å². The van der Waals surface area contributed by atoms with Gasteiger partial charge in [-0.1, -0.05) is 13.8 Å². The van der Waals surface area contributed by atoms with Crippen molar-refractivity contribution in [3.63, 3.8) is 0 Å². The van der Waals surface area contributed by atoms with Crippen LogP contribution in [0.15, 0.2) is 0 Å². The summed E-state index contributed by atoms with van der Waals surface area (Å²) in [6.45, 7) is 5.50. The number of ether oxygens (including phenoxy) is 2. The van der Waals surface area contributed by atoms with Gasteiger partial charge >= 0.3 is 6.09 Å². The minimum Gasteiger partial charge on any atom is -0.449 e. The third kappa shape index (κ3) is 6.81. The number of carbonyl (C=O) groups is 1. The summed E-state index contributed by atoms with van der Waals surface area (Å²) in [5, 5.41) is 2.68. The van der Waals surface area contributed by atoms with Crippen molar-refractivity contribution in [2.24, 2.45) is 11.7 Å². The molecule has 1 amide bonds. The molecule has 106 valence electrons. The average Bonchev–Trinajstić information content (AvgIpc) is 2.34. The topological polar surface area (TPSA) is 73.6 Å². The molecule has 0 aromatic heterocycles. The molecular weight excluding hydrogens is 232 g/mol. The van der Waals surface area contributed by atoms with E-state index in [0.29, 0.717) is 37.8 Å². The second-order valence-electron chi connectivity index (χ2n) is 5.33. The van der Waals surface area contributed by atoms with Crippen LogP contribution in [0, 0.1) is 5.92 Å². The highest BCUT2D eigenvalue weighted by molar-refractivity contribution is 5.67. The number of hydrogen-bond donors (Lipinski definition) is 2. The van der Waals surface area contributed by atoms with Gasteiger partial charge in [0.1, 0.15) is 0 Å². The summed E-state index contributed by atoms with van der Waals surface area (Å²) in [6, 6.07) is 0.342. The van der Waals surface area contributed by atoms with E-state index in [4.69, 9.17) is 15.2 Å². The highest BCUT2D eigenvalue weighted by Crippen LogP contribution is 2.19. The summed E-state index contributed by atoms with van der Waals surface area (Å²) in [6.07, 6.45) is 4.07. The number of nitrogens with two attached hydrogens (primary N) is 1. The highest BCUT2D eigenvalue weighted by Gasteiger charge is 2.18. The molecule has 0 aliphatic heterocycles. The van der Waals surface area contributed by atoms with E-state index in [9.17, 15) is 4.79 Å². The lowest BCUT2D eigenvalue weighted by atomic mass is 9.94. The summed E-state index contributed by atoms with van der Waals surface area (Å²) >= 11 is 0. The lowest BCUT2D eigenvalue weighted by molar-refractivity contribution is 0.0264. The summed E-state index contributed by atoms with van der Waals surface area (Å²) in [7, 11) is 0. The fraction of sp³-hybridized carbons (Fsp3) is 0.923. The molecule has 0 unspecified atom stereocenters. The maximum Gasteiger partial charge on any atom is 0.407 e. The van der Waals surface area contributed by atoms with Crippen LogP contribution in [0.1, 0.15) is 39.5 Å². The van der Waals surface area contributed by atoms with Crippen LogP contribution in [-0.2, 0) is 9.47 Å². The van der Waals surface area contributed by atoms with Gasteiger partial charge in [-0.2, -0.15) is 0 Å². The van der Waals surface area contributed by atoms with E-state index < -0.39 is 0 Å². The van der Waals surface area contributed by atoms with Gasteiger partial charge in [-0.15, -0.1) is 0 Å². The van der Waals surface area contributed by atoms with Crippen molar-refractivity contribution in [2.45, 2.75) is 51.7 Å². The first-order valence-corrected chi connectivity index (χ1v) is 6.85. The largest absolute Gasteiger partial charge is 0.449 e. The zero-order chi connectivity index (χ0) is 13.4. The van der Waals surface area contributed by atoms with Gasteiger partial charge in [0.2, 0.25) is 0 Å². The quantitative estimate of drug-likeness (QED) is 0.711. The van der Waals surface area contributed by atoms with E-state index in [1.165, 1.54) is 0 Å². The Labute approximate surface area is 109 Å². The Morgan fingerprint density at radius 2 is 2.00 bits per heavy atom. The summed E-state index contributed by atoms with van der Waals surface area (Å²) < 4.78 is 10.7. The molecule has 3 N–H and O–H groups in total. The second kappa shape index (κ2) is 8.32. The molecule has 5 heteroatoms. The van der Waals surface area contributed by atoms with Crippen molar-refractivity contribution in [1.82, 2.24) is 5.32 Å². The van der Waals surface area contributed by atoms with Gasteiger partial charge in [-0.3, -0.25) is 0 Å². The number of nitrogens with one attached hydrogen (secondary N) is 1. The molecule has 1 fully saturated rings. The van der Waals surface area contributed by atoms with Crippen LogP contribution >= 0.6 is 0 Å². The molecule has 0 saturated heterocycles. The molecule has 18 heavy (non-hydrogen) atoms. The molecule has 1 aliphatic rings. The van der Waals surface area contributed by atoms with Gasteiger partial charge < -0.3 is 20.5 Å². The molecule has 0 aromatic rings. The number of alkyl carbamates (subject to hydrolysis) is 1. The monoisotopic (exact) mass is 258 g/mol. The molecule has 0 radical (unpaired) electrons. The molecule has 0 heterocycles. The number of amides is 1. The first kappa shape index (κ1) is 15.2. The predicted octanol–water partition coefficient (Wildman–Crippen LogP) is 1.66. The van der Waals surface area contributed by atoms with Gasteiger partial charge in [0.25, 0.3) is 0 Å². The van der Waals surface area contributed by atoms with Crippen LogP contribution in [0.25, 0.3) is 0 Å². The van der Waals surface area contributed by atoms with Crippen LogP contribution in [-0.4, -0.2) is 38.0 Å². The van der Waals surface area contributed by atoms with Crippen molar-refractivity contribution in [3.05, 3.63) is 0 Å². The van der Waals surface area contributed by atoms with Gasteiger partial charge in [0.15, 0.2) is 0 Å². The van der Waals surface area contributed by atoms with Crippen molar-refractivity contribution >= 4 is 6.09 Å². The Bertz CT molecular complexity index is 238. The minimum absolute atomic E-state index is 0.304. The summed E-state index contributed by atoms with van der Waals surface area (Å²) in [5.74, 6) is 0.360. The lowest BCUT2D eigenvalue weighted by Crippen LogP contribution is -2.33. The predicted molar refractivity (Wildman–Crippen MR) is 70.4 cm³/mol. The SMILES string of the molecule is CC(C)COC(=O)NCCOC1CCC(N)CC1. The van der Waals surface area contributed by atoms with Crippen LogP contribution in [0.3, 0.4) is 0 Å². The van der Waals surface area contributed by atoms with Crippen LogP contribution < -0.4 is 11.1 Å². The standard InChI is InChI=1S/C13H26N2O3/c1-10(2)9-18-13(16)15-7-8-17-12-5-3-11(14)4-6-12/h10-12H,3-9,14H2,1-2H3,(H,15,16). The number of hydrogen-bond acceptors (Lipinski definition) is 4. The fourth-order valence-corrected chi connectivity index (χ4v) is 1.93. The molecule has 1 rings (SSSR count). The molecule has 0 spiro atoms. The average molecular weight is 258 g/mol. The minimum atomic E-state index is -0.363. The normalized spacial score (nSPS) is 24.0. The van der Waals surface area contributed by atoms with Gasteiger partial charge in [-0.05, 0) is 31.6 Å². The van der Waals surface area contributed by atoms with Gasteiger partial charge in [0.05, 0.1) is 19.3 Å². The van der Waals surface area contributed by atoms with E-state index in [1.54, 1.807) is 0 Å². The van der Waals surface area contributed by atoms with Gasteiger partial charge in [0, 0.05) is 12.6 Å². The van der Waals surface area contributed by atoms with E-state index in [1.807, 2.05) is 13.8 Å². The fourth-order valence-electron chi connectivity index (χ4n) is 1.93. The van der Waals surface area contributed by atoms with Crippen molar-refractivity contribution < 1.29 is 14.3 Å². The van der Waals surface area contributed by atoms with E-state index >= 15 is 0 Å². The number of rotatable bonds is 6. The maximum absolute atomic E-state index is 11.2. The lowest BCUT2D eigenvalue weighted by Gasteiger charge is -2.26. The van der Waals surface area contributed by atoms with E-state index in [0.717, 1.165) is 25.7 Å². The third-order valence-corrected chi connectivity index (χ3v) is 2.99. The molecule has 0 aromatic carbocycles. The highest BCUT2D eigenvalue weighted by atomic mass is 16.5. The molecular formula is C13H26N2O3. The zero-order valence-electron chi connectivity index (χ0n) is 11.5. The van der Waals surface area contributed by atoms with Crippen LogP contribution in [0.2, 0.25) is 0 Å². The maximum atomic E-state index is 11.2. The van der Waals surface area contributed by atoms with Crippen LogP contribution in [0.4, 0.5) is 4.79 Å². The first-order valence-electron chi connectivity index (χ1n) is 6.85. The number of carbonyl (C=O) groups excluding carboxylic acids is 1. The summed E-state index contributed by atoms with van der Waals surface area (Å²) in [5.41, 5.74) is 5.82. The van der Waals surface area contributed by atoms with Gasteiger partial charge in [-0.25, -0.2) is 4.79 Å². The molecule has 1 aliphatic carbocycles. The van der Waals surface area contributed by atoms with E-state index in [2.05, 4.69) is 5.32 Å². The Balaban J connectivity index is 1.96. The Hall–Kier alpha value is -0.810. The van der Waals surface area contributed by atoms with Crippen molar-refractivity contribution in [1.29, 1.82) is 0 Å². The molecule has 0 atom stereocenters. The molecule has 0 bridgehead atoms. The smallest absolute Gasteiger partial charge is 0.407 e. The van der Waals surface area contributed by atoms with Crippen molar-refractivity contribution in [2.75, 3.05) is 19.8 Å². The first-order chi connectivity index (χ1) is 8.58. The molecule has 1 saturated carbocycles. The zero-order valence-corrected chi connectivity index (χ0v) is 11.5. The van der Waals surface area contributed by atoms with Crippen molar-refractivity contribution in [3.8, 4) is 0 Å².